The number of ether oxygens (including phenoxy) is 2. The maximum Gasteiger partial charge on any atom is 0.306 e. The molecular weight excluding hydrogens is 847 g/mol. The number of aliphatic hydroxyl groups is 4. The Hall–Kier alpha value is -3.32. The van der Waals surface area contributed by atoms with Crippen molar-refractivity contribution in [3.63, 3.8) is 0 Å². The SMILES string of the molecule is C=C1/C(=C\C=C2/CCC[C@]3(C)[C@@H]([C@H](C)CCCC(C)(C)O)CC[C@@H]23)C[C@@H](O)C[C@@H]1O.CCCC(=O)O[C@]1(C(=O)COC(C)=O)CC[C@H]2[C@@H]3C[C@H](F)C4=CC(=O)C=C[C@]4(C)[C@@]3(F)[C@@H](O)C[C@@]21C. The van der Waals surface area contributed by atoms with Crippen LogP contribution in [0, 0.1) is 45.8 Å². The Bertz CT molecular complexity index is 2010. The molecule has 7 aliphatic rings. The number of carbonyl (C=O) groups is 4. The van der Waals surface area contributed by atoms with E-state index in [1.165, 1.54) is 57.6 Å². The molecule has 4 N–H and O–H groups in total. The van der Waals surface area contributed by atoms with E-state index < -0.39 is 94.1 Å². The van der Waals surface area contributed by atoms with E-state index in [0.29, 0.717) is 36.5 Å². The zero-order chi connectivity index (χ0) is 48.8. The summed E-state index contributed by atoms with van der Waals surface area (Å²) in [6.07, 6.45) is 14.6. The van der Waals surface area contributed by atoms with E-state index in [1.807, 2.05) is 13.8 Å². The number of carbonyl (C=O) groups excluding carboxylic acids is 4. The van der Waals surface area contributed by atoms with Gasteiger partial charge in [-0.05, 0) is 156 Å². The van der Waals surface area contributed by atoms with Crippen molar-refractivity contribution >= 4 is 23.5 Å². The fourth-order valence-corrected chi connectivity index (χ4v) is 14.3. The van der Waals surface area contributed by atoms with Crippen molar-refractivity contribution in [2.75, 3.05) is 6.61 Å². The molecule has 0 saturated heterocycles. The standard InChI is InChI=1S/C27H34F2O7.C27H44O3/c1-5-6-23(34)36-26(22(33)14-35-15(2)30)10-8-17-18-12-20(28)19-11-16(31)7-9-24(19,3)27(18,29)21(32)13-25(17,26)4;1-18(8-6-14-26(3,4)30)23-12-13-24-20(9-7-15-27(23,24)5)10-11-21-16-22(28)17-25(29)19(21)2/h7,9,11,17-18,20-21,32H,5-6,8,10,12-14H2,1-4H3;10-11,18,22-25,28-30H,2,6-9,12-17H2,1,3-5H3/b;20-10+,21-11-/t17-,18-,20-,21-,24-,25-,26-,27-;18-,22-,23-,24+,25+,27-/m01/s1. The summed E-state index contributed by atoms with van der Waals surface area (Å²) in [6, 6.07) is 0. The van der Waals surface area contributed by atoms with Gasteiger partial charge in [-0.3, -0.25) is 19.2 Å². The van der Waals surface area contributed by atoms with Crippen LogP contribution in [0.1, 0.15) is 158 Å². The molecule has 0 spiro atoms. The first-order chi connectivity index (χ1) is 30.8. The summed E-state index contributed by atoms with van der Waals surface area (Å²) < 4.78 is 43.6. The number of aliphatic hydroxyl groups excluding tert-OH is 3. The van der Waals surface area contributed by atoms with Gasteiger partial charge >= 0.3 is 11.9 Å². The summed E-state index contributed by atoms with van der Waals surface area (Å²) in [5.41, 5.74) is -3.63. The Morgan fingerprint density at radius 2 is 1.76 bits per heavy atom. The quantitative estimate of drug-likeness (QED) is 0.139. The molecule has 12 heteroatoms. The number of rotatable bonds is 12. The minimum atomic E-state index is -2.30. The molecule has 14 atom stereocenters. The Kier molecular flexibility index (Phi) is 15.4. The third kappa shape index (κ3) is 9.52. The Labute approximate surface area is 391 Å². The molecule has 0 aromatic rings. The number of fused-ring (bicyclic) bond motifs is 6. The predicted molar refractivity (Wildman–Crippen MR) is 248 cm³/mol. The highest BCUT2D eigenvalue weighted by Crippen LogP contribution is 2.71. The molecule has 368 valence electrons. The van der Waals surface area contributed by atoms with Gasteiger partial charge in [-0.25, -0.2) is 8.78 Å². The van der Waals surface area contributed by atoms with Crippen molar-refractivity contribution in [1.29, 1.82) is 0 Å². The number of halogens is 2. The summed E-state index contributed by atoms with van der Waals surface area (Å²) in [4.78, 5) is 49.6. The summed E-state index contributed by atoms with van der Waals surface area (Å²) in [7, 11) is 0. The van der Waals surface area contributed by atoms with Crippen LogP contribution in [-0.4, -0.2) is 91.9 Å². The summed E-state index contributed by atoms with van der Waals surface area (Å²) in [5.74, 6) is -1.86. The number of alkyl halides is 2. The largest absolute Gasteiger partial charge is 0.458 e. The summed E-state index contributed by atoms with van der Waals surface area (Å²) in [6.45, 7) is 18.3. The number of hydrogen-bond acceptors (Lipinski definition) is 10. The average Bonchev–Trinajstić information content (AvgIpc) is 3.73. The molecule has 6 saturated carbocycles. The maximum atomic E-state index is 17.2. The molecule has 0 aliphatic heterocycles. The first kappa shape index (κ1) is 52.1. The zero-order valence-electron chi connectivity index (χ0n) is 40.8. The van der Waals surface area contributed by atoms with Crippen LogP contribution >= 0.6 is 0 Å². The second kappa shape index (κ2) is 19.6. The van der Waals surface area contributed by atoms with Crippen LogP contribution in [0.4, 0.5) is 8.78 Å². The molecule has 0 bridgehead atoms. The van der Waals surface area contributed by atoms with Gasteiger partial charge < -0.3 is 29.9 Å². The van der Waals surface area contributed by atoms with Crippen LogP contribution < -0.4 is 0 Å². The Balaban J connectivity index is 0.000000222. The van der Waals surface area contributed by atoms with Crippen LogP contribution in [-0.2, 0) is 28.7 Å². The molecule has 66 heavy (non-hydrogen) atoms. The summed E-state index contributed by atoms with van der Waals surface area (Å²) in [5, 5.41) is 41.6. The van der Waals surface area contributed by atoms with E-state index in [2.05, 4.69) is 32.6 Å². The van der Waals surface area contributed by atoms with Gasteiger partial charge in [-0.2, -0.15) is 0 Å². The number of Topliss-reactive ketones (excluding diaryl/α,β-unsaturated/α-hetero) is 1. The zero-order valence-corrected chi connectivity index (χ0v) is 40.8. The molecule has 0 aromatic carbocycles. The van der Waals surface area contributed by atoms with Crippen molar-refractivity contribution < 1.29 is 57.9 Å². The molecule has 0 heterocycles. The molecule has 7 aliphatic carbocycles. The first-order valence-corrected chi connectivity index (χ1v) is 24.8. The number of ketones is 2. The van der Waals surface area contributed by atoms with Gasteiger partial charge in [-0.15, -0.1) is 0 Å². The highest BCUT2D eigenvalue weighted by Gasteiger charge is 2.76. The maximum absolute atomic E-state index is 17.2. The van der Waals surface area contributed by atoms with Gasteiger partial charge in [0.1, 0.15) is 6.17 Å². The van der Waals surface area contributed by atoms with Gasteiger partial charge in [0.15, 0.2) is 23.7 Å². The molecule has 10 nitrogen and oxygen atoms in total. The monoisotopic (exact) mass is 925 g/mol. The molecular formula is C54H78F2O10. The summed E-state index contributed by atoms with van der Waals surface area (Å²) >= 11 is 0. The highest BCUT2D eigenvalue weighted by atomic mass is 19.1. The highest BCUT2D eigenvalue weighted by molar-refractivity contribution is 6.01. The second-order valence-electron chi connectivity index (χ2n) is 22.5. The van der Waals surface area contributed by atoms with Gasteiger partial charge in [0.05, 0.1) is 23.9 Å². The van der Waals surface area contributed by atoms with E-state index in [0.717, 1.165) is 42.9 Å². The van der Waals surface area contributed by atoms with Crippen molar-refractivity contribution in [2.45, 2.75) is 199 Å². The average molecular weight is 925 g/mol. The van der Waals surface area contributed by atoms with Crippen LogP contribution in [0.5, 0.6) is 0 Å². The van der Waals surface area contributed by atoms with Gasteiger partial charge in [-0.1, -0.05) is 70.9 Å². The van der Waals surface area contributed by atoms with Crippen molar-refractivity contribution in [1.82, 2.24) is 0 Å². The second-order valence-corrected chi connectivity index (χ2v) is 22.5. The lowest BCUT2D eigenvalue weighted by molar-refractivity contribution is -0.229. The van der Waals surface area contributed by atoms with Crippen molar-refractivity contribution in [2.24, 2.45) is 45.8 Å². The van der Waals surface area contributed by atoms with Crippen molar-refractivity contribution in [3.05, 3.63) is 59.3 Å². The van der Waals surface area contributed by atoms with Crippen LogP contribution in [0.2, 0.25) is 0 Å². The van der Waals surface area contributed by atoms with Gasteiger partial charge in [0.2, 0.25) is 5.78 Å². The lowest BCUT2D eigenvalue weighted by Crippen LogP contribution is -2.70. The van der Waals surface area contributed by atoms with Crippen LogP contribution in [0.15, 0.2) is 59.3 Å². The minimum absolute atomic E-state index is 0.0148. The number of esters is 2. The first-order valence-electron chi connectivity index (χ1n) is 24.8. The van der Waals surface area contributed by atoms with Crippen molar-refractivity contribution in [3.8, 4) is 0 Å². The van der Waals surface area contributed by atoms with E-state index in [9.17, 15) is 39.6 Å². The third-order valence-electron chi connectivity index (χ3n) is 17.8. The smallest absolute Gasteiger partial charge is 0.306 e. The molecule has 0 amide bonds. The van der Waals surface area contributed by atoms with Crippen LogP contribution in [0.3, 0.4) is 0 Å². The Morgan fingerprint density at radius 1 is 1.05 bits per heavy atom. The Morgan fingerprint density at radius 3 is 2.42 bits per heavy atom. The lowest BCUT2D eigenvalue weighted by atomic mass is 9.44. The predicted octanol–water partition coefficient (Wildman–Crippen LogP) is 9.22. The number of hydrogen-bond donors (Lipinski definition) is 4. The minimum Gasteiger partial charge on any atom is -0.458 e. The topological polar surface area (TPSA) is 168 Å². The van der Waals surface area contributed by atoms with E-state index >= 15 is 8.78 Å². The lowest BCUT2D eigenvalue weighted by Gasteiger charge is -2.63. The molecule has 7 rings (SSSR count). The van der Waals surface area contributed by atoms with Crippen LogP contribution in [0.25, 0.3) is 0 Å². The third-order valence-corrected chi connectivity index (χ3v) is 17.8. The fourth-order valence-electron chi connectivity index (χ4n) is 14.3. The molecule has 0 aromatic heterocycles. The van der Waals surface area contributed by atoms with Gasteiger partial charge in [0.25, 0.3) is 0 Å². The number of allylic oxidation sites excluding steroid dienone is 7. The molecule has 6 fully saturated rings. The molecule has 0 unspecified atom stereocenters. The van der Waals surface area contributed by atoms with Gasteiger partial charge in [0, 0.05) is 36.5 Å². The van der Waals surface area contributed by atoms with E-state index in [4.69, 9.17) is 9.47 Å². The van der Waals surface area contributed by atoms with E-state index in [1.54, 1.807) is 19.4 Å². The van der Waals surface area contributed by atoms with E-state index in [-0.39, 0.29) is 37.7 Å². The molecule has 0 radical (unpaired) electrons. The normalized spacial score (nSPS) is 41.2. The fraction of sp³-hybridized carbons (Fsp3) is 0.741.